The molecule has 1 aromatic carbocycles. The number of hydrogen-bond donors (Lipinski definition) is 0. The van der Waals surface area contributed by atoms with E-state index in [0.717, 1.165) is 67.4 Å². The number of amides is 1. The molecule has 32 heavy (non-hydrogen) atoms. The number of benzene rings is 1. The minimum absolute atomic E-state index is 0.0360. The van der Waals surface area contributed by atoms with Crippen LogP contribution in [0.15, 0.2) is 24.5 Å². The summed E-state index contributed by atoms with van der Waals surface area (Å²) in [7, 11) is 1.89. The first-order chi connectivity index (χ1) is 15.5. The maximum atomic E-state index is 13.2. The summed E-state index contributed by atoms with van der Waals surface area (Å²) < 4.78 is 2.28. The lowest BCUT2D eigenvalue weighted by atomic mass is 9.95. The quantitative estimate of drug-likeness (QED) is 0.625. The second-order valence-corrected chi connectivity index (χ2v) is 9.29. The van der Waals surface area contributed by atoms with E-state index in [-0.39, 0.29) is 11.8 Å². The SMILES string of the molecule is Cc1ccc(N(C)C(=O)C2CCN(c3ncnc4c3nc3n4CCCCC3)CC2)cc1C. The Morgan fingerprint density at radius 2 is 1.84 bits per heavy atom. The van der Waals surface area contributed by atoms with Gasteiger partial charge in [0.25, 0.3) is 0 Å². The fourth-order valence-corrected chi connectivity index (χ4v) is 5.03. The van der Waals surface area contributed by atoms with Crippen LogP contribution in [0.5, 0.6) is 0 Å². The van der Waals surface area contributed by atoms with Crippen molar-refractivity contribution in [3.05, 3.63) is 41.5 Å². The standard InChI is InChI=1S/C25H32N6O/c1-17-8-9-20(15-18(17)2)29(3)25(32)19-10-13-30(14-11-19)23-22-24(27-16-26-23)31-12-6-4-5-7-21(31)28-22/h8-9,15-16,19H,4-7,10-14H2,1-3H3. The van der Waals surface area contributed by atoms with Crippen molar-refractivity contribution in [2.45, 2.75) is 58.9 Å². The molecule has 7 nitrogen and oxygen atoms in total. The van der Waals surface area contributed by atoms with Gasteiger partial charge in [-0.05, 0) is 62.8 Å². The van der Waals surface area contributed by atoms with Gasteiger partial charge in [0.2, 0.25) is 5.91 Å². The molecule has 0 spiro atoms. The van der Waals surface area contributed by atoms with Crippen molar-refractivity contribution in [2.24, 2.45) is 5.92 Å². The van der Waals surface area contributed by atoms with Gasteiger partial charge in [-0.15, -0.1) is 0 Å². The lowest BCUT2D eigenvalue weighted by Crippen LogP contribution is -2.41. The molecule has 0 aliphatic carbocycles. The van der Waals surface area contributed by atoms with E-state index in [1.54, 1.807) is 6.33 Å². The third-order valence-corrected chi connectivity index (χ3v) is 7.23. The molecule has 168 valence electrons. The summed E-state index contributed by atoms with van der Waals surface area (Å²) >= 11 is 0. The first-order valence-corrected chi connectivity index (χ1v) is 11.8. The number of imidazole rings is 1. The molecule has 2 aromatic heterocycles. The van der Waals surface area contributed by atoms with Gasteiger partial charge in [0.05, 0.1) is 0 Å². The van der Waals surface area contributed by atoms with Gasteiger partial charge in [0.1, 0.15) is 12.2 Å². The lowest BCUT2D eigenvalue weighted by molar-refractivity contribution is -0.122. The number of carbonyl (C=O) groups is 1. The number of carbonyl (C=O) groups excluding carboxylic acids is 1. The number of hydrogen-bond acceptors (Lipinski definition) is 5. The highest BCUT2D eigenvalue weighted by molar-refractivity contribution is 5.95. The Morgan fingerprint density at radius 1 is 1.03 bits per heavy atom. The molecule has 1 amide bonds. The second kappa shape index (κ2) is 8.52. The van der Waals surface area contributed by atoms with Crippen LogP contribution in [0.4, 0.5) is 11.5 Å². The van der Waals surface area contributed by atoms with Crippen LogP contribution in [-0.2, 0) is 17.8 Å². The minimum atomic E-state index is 0.0360. The molecule has 1 fully saturated rings. The molecule has 0 saturated carbocycles. The molecule has 2 aliphatic heterocycles. The summed E-state index contributed by atoms with van der Waals surface area (Å²) in [6, 6.07) is 6.22. The second-order valence-electron chi connectivity index (χ2n) is 9.29. The van der Waals surface area contributed by atoms with Gasteiger partial charge in [-0.1, -0.05) is 12.5 Å². The number of nitrogens with zero attached hydrogens (tertiary/aromatic N) is 6. The van der Waals surface area contributed by atoms with E-state index in [1.807, 2.05) is 18.0 Å². The lowest BCUT2D eigenvalue weighted by Gasteiger charge is -2.34. The van der Waals surface area contributed by atoms with Crippen molar-refractivity contribution >= 4 is 28.6 Å². The van der Waals surface area contributed by atoms with Gasteiger partial charge in [0, 0.05) is 44.7 Å². The smallest absolute Gasteiger partial charge is 0.229 e. The molecule has 0 unspecified atom stereocenters. The molecule has 0 atom stereocenters. The van der Waals surface area contributed by atoms with E-state index in [2.05, 4.69) is 45.4 Å². The van der Waals surface area contributed by atoms with Gasteiger partial charge in [0.15, 0.2) is 17.0 Å². The van der Waals surface area contributed by atoms with Crippen LogP contribution in [-0.4, -0.2) is 45.6 Å². The maximum absolute atomic E-state index is 13.2. The minimum Gasteiger partial charge on any atom is -0.355 e. The number of rotatable bonds is 3. The first-order valence-electron chi connectivity index (χ1n) is 11.8. The zero-order chi connectivity index (χ0) is 22.2. The van der Waals surface area contributed by atoms with Crippen LogP contribution >= 0.6 is 0 Å². The molecule has 4 heterocycles. The predicted molar refractivity (Wildman–Crippen MR) is 127 cm³/mol. The van der Waals surface area contributed by atoms with Crippen molar-refractivity contribution in [1.29, 1.82) is 0 Å². The van der Waals surface area contributed by atoms with Crippen molar-refractivity contribution in [1.82, 2.24) is 19.5 Å². The van der Waals surface area contributed by atoms with Crippen LogP contribution in [0.25, 0.3) is 11.2 Å². The van der Waals surface area contributed by atoms with E-state index in [0.29, 0.717) is 0 Å². The molecule has 2 aliphatic rings. The third-order valence-electron chi connectivity index (χ3n) is 7.23. The Hall–Kier alpha value is -2.96. The van der Waals surface area contributed by atoms with Crippen LogP contribution in [0, 0.1) is 19.8 Å². The van der Waals surface area contributed by atoms with E-state index in [9.17, 15) is 4.79 Å². The average molecular weight is 433 g/mol. The van der Waals surface area contributed by atoms with Gasteiger partial charge in [-0.25, -0.2) is 15.0 Å². The molecule has 7 heteroatoms. The Balaban J connectivity index is 1.31. The zero-order valence-corrected chi connectivity index (χ0v) is 19.3. The van der Waals surface area contributed by atoms with Crippen molar-refractivity contribution < 1.29 is 4.79 Å². The topological polar surface area (TPSA) is 67.2 Å². The highest BCUT2D eigenvalue weighted by atomic mass is 16.2. The summed E-state index contributed by atoms with van der Waals surface area (Å²) in [6.07, 6.45) is 7.95. The highest BCUT2D eigenvalue weighted by Gasteiger charge is 2.30. The van der Waals surface area contributed by atoms with E-state index in [1.165, 1.54) is 30.4 Å². The van der Waals surface area contributed by atoms with E-state index in [4.69, 9.17) is 4.98 Å². The summed E-state index contributed by atoms with van der Waals surface area (Å²) in [5.74, 6) is 2.30. The normalized spacial score (nSPS) is 17.3. The van der Waals surface area contributed by atoms with Crippen LogP contribution < -0.4 is 9.80 Å². The maximum Gasteiger partial charge on any atom is 0.229 e. The first kappa shape index (κ1) is 20.9. The molecule has 5 rings (SSSR count). The van der Waals surface area contributed by atoms with Gasteiger partial charge in [-0.2, -0.15) is 0 Å². The molecule has 3 aromatic rings. The van der Waals surface area contributed by atoms with Crippen LogP contribution in [0.3, 0.4) is 0 Å². The Labute approximate surface area is 189 Å². The van der Waals surface area contributed by atoms with Gasteiger partial charge in [-0.3, -0.25) is 4.79 Å². The summed E-state index contributed by atoms with van der Waals surface area (Å²) in [5.41, 5.74) is 5.30. The molecule has 0 bridgehead atoms. The Bertz CT molecular complexity index is 1140. The number of anilines is 2. The van der Waals surface area contributed by atoms with Crippen molar-refractivity contribution in [2.75, 3.05) is 29.9 Å². The Morgan fingerprint density at radius 3 is 2.62 bits per heavy atom. The van der Waals surface area contributed by atoms with Gasteiger partial charge < -0.3 is 14.4 Å². The van der Waals surface area contributed by atoms with Crippen LogP contribution in [0.2, 0.25) is 0 Å². The molecule has 0 N–H and O–H groups in total. The third kappa shape index (κ3) is 3.74. The zero-order valence-electron chi connectivity index (χ0n) is 19.3. The number of aromatic nitrogens is 4. The number of piperidine rings is 1. The molecule has 0 radical (unpaired) electrons. The van der Waals surface area contributed by atoms with Gasteiger partial charge >= 0.3 is 0 Å². The fourth-order valence-electron chi connectivity index (χ4n) is 5.03. The number of fused-ring (bicyclic) bond motifs is 3. The fraction of sp³-hybridized carbons (Fsp3) is 0.520. The summed E-state index contributed by atoms with van der Waals surface area (Å²) in [4.78, 5) is 31.4. The number of aryl methyl sites for hydroxylation is 4. The van der Waals surface area contributed by atoms with E-state index >= 15 is 0 Å². The predicted octanol–water partition coefficient (Wildman–Crippen LogP) is 4.05. The molecular formula is C25H32N6O. The summed E-state index contributed by atoms with van der Waals surface area (Å²) in [6.45, 7) is 6.80. The van der Waals surface area contributed by atoms with Crippen LogP contribution in [0.1, 0.15) is 49.1 Å². The molecular weight excluding hydrogens is 400 g/mol. The van der Waals surface area contributed by atoms with E-state index < -0.39 is 0 Å². The monoisotopic (exact) mass is 432 g/mol. The van der Waals surface area contributed by atoms with Crippen molar-refractivity contribution in [3.63, 3.8) is 0 Å². The van der Waals surface area contributed by atoms with Crippen molar-refractivity contribution in [3.8, 4) is 0 Å². The highest BCUT2D eigenvalue weighted by Crippen LogP contribution is 2.30. The molecule has 1 saturated heterocycles. The average Bonchev–Trinajstić information content (AvgIpc) is 3.01. The summed E-state index contributed by atoms with van der Waals surface area (Å²) in [5, 5.41) is 0. The Kier molecular flexibility index (Phi) is 5.57. The largest absolute Gasteiger partial charge is 0.355 e.